The van der Waals surface area contributed by atoms with Gasteiger partial charge >= 0.3 is 18.3 Å². The minimum atomic E-state index is -1.19. The lowest BCUT2D eigenvalue weighted by Crippen LogP contribution is -2.57. The summed E-state index contributed by atoms with van der Waals surface area (Å²) in [6.45, 7) is 18.3. The molecule has 0 aliphatic carbocycles. The fraction of sp³-hybridized carbons (Fsp3) is 0.443. The number of phenols is 2. The van der Waals surface area contributed by atoms with E-state index in [-0.39, 0.29) is 66.0 Å². The quantitative estimate of drug-likeness (QED) is 0.0157. The van der Waals surface area contributed by atoms with Crippen LogP contribution in [-0.4, -0.2) is 124 Å². The minimum Gasteiger partial charge on any atom is -0.508 e. The molecule has 5 rings (SSSR count). The Bertz CT molecular complexity index is 3290. The monoisotopic (exact) mass is 1300 g/mol. The second-order valence-corrected chi connectivity index (χ2v) is 25.2. The van der Waals surface area contributed by atoms with E-state index >= 15 is 0 Å². The molecule has 0 unspecified atom stereocenters. The first-order valence-corrected chi connectivity index (χ1v) is 31.4. The van der Waals surface area contributed by atoms with Crippen LogP contribution < -0.4 is 54.4 Å². The summed E-state index contributed by atoms with van der Waals surface area (Å²) in [5.41, 5.74) is 23.1. The summed E-state index contributed by atoms with van der Waals surface area (Å²) in [5.74, 6) is -3.67. The van der Waals surface area contributed by atoms with Crippen molar-refractivity contribution in [1.29, 1.82) is 0 Å². The number of carbonyl (C=O) groups excluding carboxylic acids is 9. The number of hydrogen-bond donors (Lipinski definition) is 12. The van der Waals surface area contributed by atoms with Gasteiger partial charge in [0.25, 0.3) is 0 Å². The number of carbonyl (C=O) groups is 9. The number of ether oxygens (including phenoxy) is 3. The van der Waals surface area contributed by atoms with Gasteiger partial charge in [0.2, 0.25) is 35.4 Å². The van der Waals surface area contributed by atoms with Gasteiger partial charge in [-0.2, -0.15) is 0 Å². The van der Waals surface area contributed by atoms with Gasteiger partial charge < -0.3 is 78.8 Å². The Morgan fingerprint density at radius 3 is 1.15 bits per heavy atom. The van der Waals surface area contributed by atoms with E-state index in [2.05, 4.69) is 37.2 Å². The van der Waals surface area contributed by atoms with Crippen molar-refractivity contribution in [2.75, 3.05) is 13.1 Å². The van der Waals surface area contributed by atoms with Crippen LogP contribution in [0.15, 0.2) is 115 Å². The van der Waals surface area contributed by atoms with Gasteiger partial charge in [0.15, 0.2) is 0 Å². The smallest absolute Gasteiger partial charge is 0.408 e. The molecule has 0 aromatic heterocycles. The number of benzene rings is 5. The molecular formula is C70H100N10O14. The maximum atomic E-state index is 14.0. The Hall–Kier alpha value is -9.71. The van der Waals surface area contributed by atoms with Gasteiger partial charge in [-0.3, -0.25) is 28.8 Å². The maximum absolute atomic E-state index is 14.0. The lowest BCUT2D eigenvalue weighted by Gasteiger charge is -2.25. The molecule has 0 saturated carbocycles. The van der Waals surface area contributed by atoms with E-state index < -0.39 is 101 Å². The van der Waals surface area contributed by atoms with Crippen LogP contribution in [0.1, 0.15) is 133 Å². The molecule has 0 fully saturated rings. The Morgan fingerprint density at radius 2 is 0.777 bits per heavy atom. The number of primary amides is 2. The van der Waals surface area contributed by atoms with Crippen LogP contribution in [0.3, 0.4) is 0 Å². The number of alkyl carbamates (subject to hydrolysis) is 3. The van der Waals surface area contributed by atoms with Crippen molar-refractivity contribution in [1.82, 2.24) is 37.2 Å². The molecule has 514 valence electrons. The molecule has 15 N–H and O–H groups in total. The molecule has 0 aliphatic heterocycles. The van der Waals surface area contributed by atoms with Crippen molar-refractivity contribution in [2.45, 2.75) is 188 Å². The van der Waals surface area contributed by atoms with Crippen molar-refractivity contribution in [3.05, 3.63) is 165 Å². The third-order valence-electron chi connectivity index (χ3n) is 14.7. The molecule has 0 saturated heterocycles. The molecule has 5 aromatic rings. The lowest BCUT2D eigenvalue weighted by atomic mass is 9.95. The predicted octanol–water partition coefficient (Wildman–Crippen LogP) is 7.00. The second-order valence-electron chi connectivity index (χ2n) is 25.2. The predicted molar refractivity (Wildman–Crippen MR) is 361 cm³/mol. The number of phenolic OH excluding ortho intramolecular Hbond substituents is 2. The largest absolute Gasteiger partial charge is 0.508 e. The summed E-state index contributed by atoms with van der Waals surface area (Å²) in [6.07, 6.45) is 0.787. The summed E-state index contributed by atoms with van der Waals surface area (Å²) < 4.78 is 15.9. The molecule has 0 spiro atoms. The van der Waals surface area contributed by atoms with Crippen molar-refractivity contribution in [3.8, 4) is 11.5 Å². The topological polar surface area (TPSA) is 384 Å². The number of unbranched alkanes of at least 4 members (excludes halogenated alkanes) is 2. The SMILES string of the molecule is Cc1cc(O)cc(C)c1C[C@@H](N)C(=O)N[C@@H](CCCCNC(=O)OC(C)(C)C)C(=O)N[C@@H](Cc1ccccc1)C(N)=O.Cc1cc(O)cc(C)c1C[C@@H](NC(=O)OCc1ccccc1)C(=O)N[C@@H](CCCCNC(=O)OC(C)(C)C)C(=O)N[C@@H](Cc1ccccc1)C(N)=O.[HH].[HH]. The molecule has 0 heterocycles. The lowest BCUT2D eigenvalue weighted by molar-refractivity contribution is -0.132. The Balaban J connectivity index is 0.000000654. The van der Waals surface area contributed by atoms with E-state index in [1.54, 1.807) is 116 Å². The normalized spacial score (nSPS) is 13.1. The van der Waals surface area contributed by atoms with E-state index in [9.17, 15) is 53.4 Å². The van der Waals surface area contributed by atoms with Crippen molar-refractivity contribution in [3.63, 3.8) is 0 Å². The molecule has 24 heteroatoms. The number of nitrogens with one attached hydrogen (secondary N) is 7. The summed E-state index contributed by atoms with van der Waals surface area (Å²) >= 11 is 0. The van der Waals surface area contributed by atoms with Crippen LogP contribution in [0.2, 0.25) is 0 Å². The third-order valence-corrected chi connectivity index (χ3v) is 14.7. The van der Waals surface area contributed by atoms with Crippen LogP contribution in [-0.2, 0) is 75.3 Å². The molecule has 6 atom stereocenters. The van der Waals surface area contributed by atoms with Crippen LogP contribution >= 0.6 is 0 Å². The molecule has 9 amide bonds. The van der Waals surface area contributed by atoms with Gasteiger partial charge in [0.1, 0.15) is 59.5 Å². The molecule has 24 nitrogen and oxygen atoms in total. The fourth-order valence-corrected chi connectivity index (χ4v) is 9.95. The number of nitrogens with two attached hydrogens (primary N) is 3. The zero-order valence-corrected chi connectivity index (χ0v) is 55.7. The Morgan fingerprint density at radius 1 is 0.436 bits per heavy atom. The maximum Gasteiger partial charge on any atom is 0.408 e. The van der Waals surface area contributed by atoms with Gasteiger partial charge in [0.05, 0.1) is 6.04 Å². The highest BCUT2D eigenvalue weighted by Gasteiger charge is 2.32. The van der Waals surface area contributed by atoms with Crippen molar-refractivity contribution in [2.24, 2.45) is 17.2 Å². The summed E-state index contributed by atoms with van der Waals surface area (Å²) in [7, 11) is 0. The highest BCUT2D eigenvalue weighted by atomic mass is 16.6. The molecular weight excluding hydrogens is 1200 g/mol. The summed E-state index contributed by atoms with van der Waals surface area (Å²) in [6, 6.07) is 27.2. The average molecular weight is 1310 g/mol. The van der Waals surface area contributed by atoms with E-state index in [1.807, 2.05) is 68.4 Å². The molecule has 5 aromatic carbocycles. The van der Waals surface area contributed by atoms with Crippen molar-refractivity contribution >= 4 is 53.7 Å². The molecule has 0 bridgehead atoms. The number of aryl methyl sites for hydroxylation is 4. The number of rotatable bonds is 31. The first-order valence-electron chi connectivity index (χ1n) is 31.4. The van der Waals surface area contributed by atoms with Gasteiger partial charge in [-0.25, -0.2) is 14.4 Å². The van der Waals surface area contributed by atoms with Gasteiger partial charge in [-0.1, -0.05) is 91.0 Å². The van der Waals surface area contributed by atoms with Gasteiger partial charge in [-0.15, -0.1) is 0 Å². The third kappa shape index (κ3) is 28.8. The van der Waals surface area contributed by atoms with Crippen molar-refractivity contribution < 1.29 is 70.4 Å². The molecule has 94 heavy (non-hydrogen) atoms. The van der Waals surface area contributed by atoms with E-state index in [1.165, 1.54) is 0 Å². The van der Waals surface area contributed by atoms with E-state index in [0.717, 1.165) is 33.4 Å². The van der Waals surface area contributed by atoms with Crippen LogP contribution in [0.4, 0.5) is 14.4 Å². The zero-order valence-electron chi connectivity index (χ0n) is 55.7. The summed E-state index contributed by atoms with van der Waals surface area (Å²) in [5, 5.41) is 38.8. The fourth-order valence-electron chi connectivity index (χ4n) is 9.95. The highest BCUT2D eigenvalue weighted by molar-refractivity contribution is 5.94. The number of amides is 9. The average Bonchev–Trinajstić information content (AvgIpc) is 0.889. The van der Waals surface area contributed by atoms with Gasteiger partial charge in [-0.05, 0) is 189 Å². The second kappa shape index (κ2) is 37.7. The first-order chi connectivity index (χ1) is 44.3. The summed E-state index contributed by atoms with van der Waals surface area (Å²) in [4.78, 5) is 116. The zero-order chi connectivity index (χ0) is 69.7. The van der Waals surface area contributed by atoms with Crippen LogP contribution in [0, 0.1) is 27.7 Å². The standard InChI is InChI=1S/C39H51N5O8.C31H45N5O6.2H2/c1-25-20-29(45)21-26(2)30(25)23-33(44-38(50)51-24-28-16-10-7-11-17-28)36(48)42-31(18-12-13-19-41-37(49)52-39(3,4)5)35(47)43-32(34(40)46)22-27-14-8-6-9-15-27;1-19-15-22(37)16-20(2)23(19)18-24(32)28(39)35-25(13-9-10-14-34-30(41)42-31(3,4)5)29(40)36-26(27(33)38)17-21-11-7-6-8-12-21;;/h6-11,14-17,20-21,31-33,45H,12-13,18-19,22-24H2,1-5H3,(H2,40,46)(H,41,49)(H,42,48)(H,43,47)(H,44,50);6-8,11-12,15-16,24-26,37H,9-10,13-14,17-18,32H2,1-5H3,(H2,33,38)(H,34,41)(H,35,39)(H,36,40);2*1H/t31-,32-,33+;24-,25+,26+;;/m01../s1. The van der Waals surface area contributed by atoms with E-state index in [4.69, 9.17) is 31.4 Å². The van der Waals surface area contributed by atoms with E-state index in [0.29, 0.717) is 48.9 Å². The Kier molecular flexibility index (Phi) is 30.8. The first kappa shape index (κ1) is 76.7. The Labute approximate surface area is 553 Å². The molecule has 0 radical (unpaired) electrons. The van der Waals surface area contributed by atoms with Crippen LogP contribution in [0.25, 0.3) is 0 Å². The highest BCUT2D eigenvalue weighted by Crippen LogP contribution is 2.24. The van der Waals surface area contributed by atoms with Gasteiger partial charge in [0, 0.05) is 35.2 Å². The number of hydrogen-bond acceptors (Lipinski definition) is 15. The molecule has 0 aliphatic rings. The number of aromatic hydroxyl groups is 2. The minimum absolute atomic E-state index is 0. The van der Waals surface area contributed by atoms with Crippen LogP contribution in [0.5, 0.6) is 11.5 Å².